The number of H-pyrrole nitrogens is 1. The zero-order valence-electron chi connectivity index (χ0n) is 24.2. The Kier molecular flexibility index (Phi) is 8.75. The van der Waals surface area contributed by atoms with Crippen LogP contribution in [-0.4, -0.2) is 65.2 Å². The molecular weight excluding hydrogens is 594 g/mol. The molecule has 3 atom stereocenters. The Balaban J connectivity index is 1.58. The van der Waals surface area contributed by atoms with Gasteiger partial charge in [-0.25, -0.2) is 4.98 Å². The number of hydrogen-bond donors (Lipinski definition) is 3. The lowest BCUT2D eigenvalue weighted by atomic mass is 9.69. The molecule has 5 rings (SSSR count). The number of carbonyl (C=O) groups excluding carboxylic acids is 3. The molecule has 1 amide bonds. The summed E-state index contributed by atoms with van der Waals surface area (Å²) in [6.07, 6.45) is 5.49. The molecule has 226 valence electrons. The predicted molar refractivity (Wildman–Crippen MR) is 162 cm³/mol. The standard InChI is InChI=1S/C31H32ClN3O7S/c1-16-11-21(36)25(29(38)31(16)30(39)26-22(40-2)13-23(41-3)27(32)28(26)42-31)20(17-5-7-19(43-4)8-6-17)12-24(37)34-10-9-18-14-33-15-35-18/h5-8,13-16,20,38H,9-12H2,1-4H3,(H,33,35)(H,34,37). The van der Waals surface area contributed by atoms with Gasteiger partial charge in [-0.1, -0.05) is 30.7 Å². The number of halogens is 1. The number of aromatic nitrogens is 2. The highest BCUT2D eigenvalue weighted by Gasteiger charge is 2.61. The normalized spacial score (nSPS) is 20.2. The summed E-state index contributed by atoms with van der Waals surface area (Å²) < 4.78 is 17.1. The number of methoxy groups -OCH3 is 2. The molecule has 12 heteroatoms. The number of ether oxygens (including phenoxy) is 3. The van der Waals surface area contributed by atoms with E-state index in [-0.39, 0.29) is 57.9 Å². The van der Waals surface area contributed by atoms with Gasteiger partial charge in [-0.2, -0.15) is 0 Å². The summed E-state index contributed by atoms with van der Waals surface area (Å²) in [5.41, 5.74) is -0.421. The maximum Gasteiger partial charge on any atom is 0.231 e. The van der Waals surface area contributed by atoms with E-state index in [1.165, 1.54) is 20.3 Å². The first kappa shape index (κ1) is 30.5. The summed E-state index contributed by atoms with van der Waals surface area (Å²) in [5.74, 6) is -3.02. The molecule has 3 aromatic rings. The van der Waals surface area contributed by atoms with E-state index in [9.17, 15) is 19.5 Å². The molecule has 43 heavy (non-hydrogen) atoms. The number of imidazole rings is 1. The van der Waals surface area contributed by atoms with Crippen molar-refractivity contribution in [3.8, 4) is 17.2 Å². The third-order valence-electron chi connectivity index (χ3n) is 8.04. The van der Waals surface area contributed by atoms with Crippen LogP contribution in [0.15, 0.2) is 59.1 Å². The number of rotatable bonds is 10. The van der Waals surface area contributed by atoms with Crippen LogP contribution in [-0.2, 0) is 16.0 Å². The van der Waals surface area contributed by atoms with Crippen molar-refractivity contribution < 1.29 is 33.7 Å². The number of allylic oxidation sites excluding steroid dienone is 1. The van der Waals surface area contributed by atoms with Crippen molar-refractivity contribution in [1.82, 2.24) is 15.3 Å². The van der Waals surface area contributed by atoms with Gasteiger partial charge in [0.25, 0.3) is 0 Å². The first-order valence-corrected chi connectivity index (χ1v) is 15.3. The van der Waals surface area contributed by atoms with E-state index in [1.54, 1.807) is 31.2 Å². The molecule has 0 fully saturated rings. The average molecular weight is 626 g/mol. The lowest BCUT2D eigenvalue weighted by molar-refractivity contribution is -0.121. The molecule has 0 bridgehead atoms. The Morgan fingerprint density at radius 2 is 1.98 bits per heavy atom. The summed E-state index contributed by atoms with van der Waals surface area (Å²) in [4.78, 5) is 49.1. The number of Topliss-reactive ketones (excluding diaryl/α,β-unsaturated/α-hetero) is 2. The number of aromatic amines is 1. The number of benzene rings is 2. The fraction of sp³-hybridized carbons (Fsp3) is 0.355. The van der Waals surface area contributed by atoms with Crippen molar-refractivity contribution in [1.29, 1.82) is 0 Å². The predicted octanol–water partition coefficient (Wildman–Crippen LogP) is 5.07. The van der Waals surface area contributed by atoms with Crippen molar-refractivity contribution in [2.24, 2.45) is 5.92 Å². The van der Waals surface area contributed by atoms with E-state index in [1.807, 2.05) is 30.5 Å². The van der Waals surface area contributed by atoms with Gasteiger partial charge >= 0.3 is 0 Å². The van der Waals surface area contributed by atoms with Crippen LogP contribution in [0.2, 0.25) is 5.02 Å². The molecule has 0 saturated heterocycles. The zero-order valence-corrected chi connectivity index (χ0v) is 25.7. The fourth-order valence-electron chi connectivity index (χ4n) is 5.78. The second kappa shape index (κ2) is 12.3. The first-order valence-electron chi connectivity index (χ1n) is 13.7. The summed E-state index contributed by atoms with van der Waals surface area (Å²) in [7, 11) is 2.82. The number of nitrogens with one attached hydrogen (secondary N) is 2. The van der Waals surface area contributed by atoms with E-state index in [0.717, 1.165) is 10.6 Å². The van der Waals surface area contributed by atoms with Crippen LogP contribution in [0, 0.1) is 5.92 Å². The largest absolute Gasteiger partial charge is 0.507 e. The topological polar surface area (TPSA) is 140 Å². The van der Waals surface area contributed by atoms with Crippen LogP contribution in [0.3, 0.4) is 0 Å². The molecule has 3 unspecified atom stereocenters. The number of thioether (sulfide) groups is 1. The third kappa shape index (κ3) is 5.36. The molecule has 2 aromatic carbocycles. The molecule has 1 aromatic heterocycles. The highest BCUT2D eigenvalue weighted by atomic mass is 35.5. The summed E-state index contributed by atoms with van der Waals surface area (Å²) >= 11 is 8.12. The molecule has 0 saturated carbocycles. The van der Waals surface area contributed by atoms with Gasteiger partial charge in [0.15, 0.2) is 17.3 Å². The van der Waals surface area contributed by atoms with E-state index < -0.39 is 29.0 Å². The quantitative estimate of drug-likeness (QED) is 0.263. The van der Waals surface area contributed by atoms with Gasteiger partial charge in [0, 0.05) is 66.1 Å². The molecule has 1 spiro atoms. The molecule has 2 aliphatic rings. The van der Waals surface area contributed by atoms with Crippen molar-refractivity contribution in [3.05, 3.63) is 76.0 Å². The molecular formula is C31H32ClN3O7S. The second-order valence-electron chi connectivity index (χ2n) is 10.5. The van der Waals surface area contributed by atoms with E-state index >= 15 is 0 Å². The minimum atomic E-state index is -1.94. The maximum absolute atomic E-state index is 14.2. The minimum absolute atomic E-state index is 0.00684. The Morgan fingerprint density at radius 3 is 2.60 bits per heavy atom. The monoisotopic (exact) mass is 625 g/mol. The van der Waals surface area contributed by atoms with Crippen LogP contribution < -0.4 is 19.5 Å². The smallest absolute Gasteiger partial charge is 0.231 e. The third-order valence-corrected chi connectivity index (χ3v) is 9.14. The Morgan fingerprint density at radius 1 is 1.26 bits per heavy atom. The number of aliphatic hydroxyl groups is 1. The molecule has 3 N–H and O–H groups in total. The summed E-state index contributed by atoms with van der Waals surface area (Å²) in [6.45, 7) is 2.01. The minimum Gasteiger partial charge on any atom is -0.507 e. The van der Waals surface area contributed by atoms with Gasteiger partial charge in [-0.3, -0.25) is 14.4 Å². The summed E-state index contributed by atoms with van der Waals surface area (Å²) in [5, 5.41) is 14.9. The van der Waals surface area contributed by atoms with Gasteiger partial charge < -0.3 is 29.6 Å². The van der Waals surface area contributed by atoms with Crippen molar-refractivity contribution in [3.63, 3.8) is 0 Å². The lowest BCUT2D eigenvalue weighted by Gasteiger charge is -2.38. The van der Waals surface area contributed by atoms with Crippen molar-refractivity contribution in [2.45, 2.75) is 42.6 Å². The van der Waals surface area contributed by atoms with E-state index in [4.69, 9.17) is 25.8 Å². The zero-order chi connectivity index (χ0) is 30.9. The van der Waals surface area contributed by atoms with Gasteiger partial charge in [0.05, 0.1) is 20.5 Å². The number of fused-ring (bicyclic) bond motifs is 1. The molecule has 2 heterocycles. The SMILES string of the molecule is COc1cc(OC)c2c(c1Cl)OC1(C2=O)C(O)=C(C(CC(=O)NCCc2cnc[nH]2)c2ccc(SC)cc2)C(=O)CC1C. The van der Waals surface area contributed by atoms with Crippen LogP contribution >= 0.6 is 23.4 Å². The van der Waals surface area contributed by atoms with Crippen molar-refractivity contribution >= 4 is 40.8 Å². The number of carbonyl (C=O) groups is 3. The van der Waals surface area contributed by atoms with Gasteiger partial charge in [-0.05, 0) is 24.0 Å². The number of ketones is 2. The Hall–Kier alpha value is -3.96. The molecule has 0 radical (unpaired) electrons. The number of aliphatic hydroxyl groups excluding tert-OH is 1. The molecule has 1 aliphatic carbocycles. The second-order valence-corrected chi connectivity index (χ2v) is 11.7. The van der Waals surface area contributed by atoms with Gasteiger partial charge in [0.2, 0.25) is 17.3 Å². The number of hydrogen-bond acceptors (Lipinski definition) is 9. The van der Waals surface area contributed by atoms with E-state index in [2.05, 4.69) is 15.3 Å². The first-order chi connectivity index (χ1) is 20.7. The van der Waals surface area contributed by atoms with E-state index in [0.29, 0.717) is 18.5 Å². The Bertz CT molecular complexity index is 1590. The lowest BCUT2D eigenvalue weighted by Crippen LogP contribution is -2.53. The number of nitrogens with zero attached hydrogens (tertiary/aromatic N) is 1. The summed E-state index contributed by atoms with van der Waals surface area (Å²) in [6, 6.07) is 8.89. The van der Waals surface area contributed by atoms with Crippen LogP contribution in [0.25, 0.3) is 0 Å². The maximum atomic E-state index is 14.2. The van der Waals surface area contributed by atoms with Crippen LogP contribution in [0.1, 0.15) is 47.3 Å². The van der Waals surface area contributed by atoms with Crippen LogP contribution in [0.5, 0.6) is 17.2 Å². The Labute approximate surface area is 258 Å². The van der Waals surface area contributed by atoms with Gasteiger partial charge in [-0.15, -0.1) is 11.8 Å². The highest BCUT2D eigenvalue weighted by molar-refractivity contribution is 7.98. The molecule has 1 aliphatic heterocycles. The number of amides is 1. The van der Waals surface area contributed by atoms with Crippen LogP contribution in [0.4, 0.5) is 0 Å². The van der Waals surface area contributed by atoms with Crippen molar-refractivity contribution in [2.75, 3.05) is 27.0 Å². The fourth-order valence-corrected chi connectivity index (χ4v) is 6.45. The average Bonchev–Trinajstić information content (AvgIpc) is 3.63. The molecule has 10 nitrogen and oxygen atoms in total. The highest BCUT2D eigenvalue weighted by Crippen LogP contribution is 2.55. The van der Waals surface area contributed by atoms with Gasteiger partial charge in [0.1, 0.15) is 22.1 Å².